The highest BCUT2D eigenvalue weighted by Crippen LogP contribution is 2.35. The van der Waals surface area contributed by atoms with Crippen LogP contribution in [-0.2, 0) is 19.6 Å². The lowest BCUT2D eigenvalue weighted by molar-refractivity contribution is -0.122. The number of aryl methyl sites for hydroxylation is 2. The molecule has 2 aromatic carbocycles. The molecule has 0 fully saturated rings. The van der Waals surface area contributed by atoms with E-state index in [-0.39, 0.29) is 16.6 Å². The molecular weight excluding hydrogens is 413 g/mol. The fraction of sp³-hybridized carbons (Fsp3) is 0.300. The zero-order valence-corrected chi connectivity index (χ0v) is 17.8. The number of nitrogens with zero attached hydrogens (tertiary/aromatic N) is 1. The molecule has 0 spiro atoms. The molecule has 2 aromatic rings. The zero-order chi connectivity index (χ0) is 22.2. The summed E-state index contributed by atoms with van der Waals surface area (Å²) >= 11 is 0. The lowest BCUT2D eigenvalue weighted by atomic mass is 10.1. The molecule has 10 heteroatoms. The van der Waals surface area contributed by atoms with Gasteiger partial charge >= 0.3 is 0 Å². The second-order valence-electron chi connectivity index (χ2n) is 7.13. The number of ether oxygens (including phenoxy) is 1. The number of carbonyl (C=O) groups is 2. The highest BCUT2D eigenvalue weighted by molar-refractivity contribution is 7.89. The van der Waals surface area contributed by atoms with Crippen molar-refractivity contribution in [2.24, 2.45) is 0 Å². The maximum atomic E-state index is 13.2. The molecule has 0 unspecified atom stereocenters. The Balaban J connectivity index is 1.80. The molecule has 160 valence electrons. The Kier molecular flexibility index (Phi) is 5.82. The Morgan fingerprint density at radius 3 is 2.60 bits per heavy atom. The first-order chi connectivity index (χ1) is 14.0. The van der Waals surface area contributed by atoms with Crippen LogP contribution in [0.5, 0.6) is 5.75 Å². The van der Waals surface area contributed by atoms with Gasteiger partial charge in [0.1, 0.15) is 11.6 Å². The van der Waals surface area contributed by atoms with Crippen molar-refractivity contribution in [3.05, 3.63) is 47.3 Å². The maximum Gasteiger partial charge on any atom is 0.265 e. The number of hydrogen-bond acceptors (Lipinski definition) is 5. The molecule has 1 atom stereocenters. The van der Waals surface area contributed by atoms with Gasteiger partial charge in [0.25, 0.3) is 5.91 Å². The van der Waals surface area contributed by atoms with E-state index in [0.29, 0.717) is 22.5 Å². The molecule has 1 heterocycles. The Labute approximate surface area is 174 Å². The monoisotopic (exact) mass is 435 g/mol. The van der Waals surface area contributed by atoms with Gasteiger partial charge in [0, 0.05) is 18.8 Å². The topological polar surface area (TPSA) is 105 Å². The third kappa shape index (κ3) is 4.29. The summed E-state index contributed by atoms with van der Waals surface area (Å²) < 4.78 is 45.7. The first-order valence-corrected chi connectivity index (χ1v) is 10.6. The van der Waals surface area contributed by atoms with Gasteiger partial charge in [-0.15, -0.1) is 0 Å². The molecule has 1 aliphatic rings. The van der Waals surface area contributed by atoms with Crippen LogP contribution in [0.3, 0.4) is 0 Å². The Bertz CT molecular complexity index is 1130. The van der Waals surface area contributed by atoms with Crippen molar-refractivity contribution in [2.45, 2.75) is 31.8 Å². The number of amides is 2. The van der Waals surface area contributed by atoms with Crippen LogP contribution in [0.4, 0.5) is 15.8 Å². The minimum absolute atomic E-state index is 0.0298. The fourth-order valence-corrected chi connectivity index (χ4v) is 4.38. The van der Waals surface area contributed by atoms with Gasteiger partial charge in [-0.1, -0.05) is 0 Å². The molecule has 0 bridgehead atoms. The van der Waals surface area contributed by atoms with Gasteiger partial charge in [-0.2, -0.15) is 4.31 Å². The van der Waals surface area contributed by atoms with Crippen molar-refractivity contribution in [3.8, 4) is 5.75 Å². The highest BCUT2D eigenvalue weighted by Gasteiger charge is 2.30. The Hall–Kier alpha value is -2.98. The smallest absolute Gasteiger partial charge is 0.265 e. The maximum absolute atomic E-state index is 13.2. The van der Waals surface area contributed by atoms with Crippen LogP contribution >= 0.6 is 0 Å². The summed E-state index contributed by atoms with van der Waals surface area (Å²) in [5, 5.41) is 5.25. The molecule has 0 aromatic heterocycles. The highest BCUT2D eigenvalue weighted by atomic mass is 32.2. The summed E-state index contributed by atoms with van der Waals surface area (Å²) in [7, 11) is -2.73. The second-order valence-corrected chi connectivity index (χ2v) is 9.15. The zero-order valence-electron chi connectivity index (χ0n) is 16.9. The minimum Gasteiger partial charge on any atom is -0.479 e. The van der Waals surface area contributed by atoms with Crippen LogP contribution in [0.15, 0.2) is 35.2 Å². The fourth-order valence-electron chi connectivity index (χ4n) is 3.03. The summed E-state index contributed by atoms with van der Waals surface area (Å²) in [6.45, 7) is 4.34. The predicted octanol–water partition coefficient (Wildman–Crippen LogP) is 2.42. The molecule has 2 amide bonds. The predicted molar refractivity (Wildman–Crippen MR) is 109 cm³/mol. The molecule has 0 saturated heterocycles. The van der Waals surface area contributed by atoms with E-state index in [9.17, 15) is 22.4 Å². The van der Waals surface area contributed by atoms with Crippen molar-refractivity contribution in [2.75, 3.05) is 24.2 Å². The van der Waals surface area contributed by atoms with Crippen LogP contribution in [-0.4, -0.2) is 44.2 Å². The number of nitrogens with one attached hydrogen (secondary N) is 2. The van der Waals surface area contributed by atoms with Crippen molar-refractivity contribution < 1.29 is 27.1 Å². The van der Waals surface area contributed by atoms with Crippen molar-refractivity contribution in [1.82, 2.24) is 4.31 Å². The van der Waals surface area contributed by atoms with Crippen molar-refractivity contribution in [1.29, 1.82) is 0 Å². The second kappa shape index (κ2) is 8.04. The van der Waals surface area contributed by atoms with E-state index in [1.165, 1.54) is 37.4 Å². The van der Waals surface area contributed by atoms with E-state index in [0.717, 1.165) is 4.31 Å². The molecule has 30 heavy (non-hydrogen) atoms. The van der Waals surface area contributed by atoms with Crippen molar-refractivity contribution >= 4 is 33.2 Å². The van der Waals surface area contributed by atoms with Gasteiger partial charge in [-0.3, -0.25) is 9.59 Å². The van der Waals surface area contributed by atoms with Gasteiger partial charge in [0.05, 0.1) is 17.1 Å². The Morgan fingerprint density at radius 1 is 1.23 bits per heavy atom. The largest absolute Gasteiger partial charge is 0.479 e. The van der Waals surface area contributed by atoms with Gasteiger partial charge < -0.3 is 15.4 Å². The third-order valence-corrected chi connectivity index (χ3v) is 6.67. The van der Waals surface area contributed by atoms with Gasteiger partial charge in [-0.05, 0) is 56.2 Å². The number of carbonyl (C=O) groups excluding carboxylic acids is 2. The van der Waals surface area contributed by atoms with Crippen LogP contribution in [0.2, 0.25) is 0 Å². The SMILES string of the molecule is Cc1cc(F)ccc1NC(=O)CN(C)S(=O)(=O)c1cc2c(cc1C)NC(=O)[C@@H](C)O2. The molecule has 0 aliphatic carbocycles. The molecule has 0 radical (unpaired) electrons. The van der Waals surface area contributed by atoms with Crippen LogP contribution in [0.1, 0.15) is 18.1 Å². The molecule has 3 rings (SSSR count). The van der Waals surface area contributed by atoms with Gasteiger partial charge in [0.2, 0.25) is 15.9 Å². The van der Waals surface area contributed by atoms with E-state index in [2.05, 4.69) is 10.6 Å². The van der Waals surface area contributed by atoms with E-state index < -0.39 is 34.4 Å². The van der Waals surface area contributed by atoms with E-state index in [1.54, 1.807) is 20.8 Å². The molecule has 0 saturated carbocycles. The number of anilines is 2. The summed E-state index contributed by atoms with van der Waals surface area (Å²) in [4.78, 5) is 24.1. The normalized spacial score (nSPS) is 15.9. The molecule has 2 N–H and O–H groups in total. The van der Waals surface area contributed by atoms with E-state index in [1.807, 2.05) is 0 Å². The summed E-state index contributed by atoms with van der Waals surface area (Å²) in [5.74, 6) is -1.07. The number of sulfonamides is 1. The first kappa shape index (κ1) is 21.7. The quantitative estimate of drug-likeness (QED) is 0.751. The number of fused-ring (bicyclic) bond motifs is 1. The molecular formula is C20H22FN3O5S. The summed E-state index contributed by atoms with van der Waals surface area (Å²) in [6, 6.07) is 6.75. The summed E-state index contributed by atoms with van der Waals surface area (Å²) in [6.07, 6.45) is -0.752. The van der Waals surface area contributed by atoms with Crippen molar-refractivity contribution in [3.63, 3.8) is 0 Å². The van der Waals surface area contributed by atoms with Crippen LogP contribution in [0, 0.1) is 19.7 Å². The number of rotatable bonds is 5. The number of halogens is 1. The first-order valence-electron chi connectivity index (χ1n) is 9.13. The summed E-state index contributed by atoms with van der Waals surface area (Å²) in [5.41, 5.74) is 1.71. The standard InChI is InChI=1S/C20H22FN3O5S/c1-11-7-14(21)5-6-15(11)22-19(25)10-24(4)30(27,28)18-9-17-16(8-12(18)2)23-20(26)13(3)29-17/h5-9,13H,10H2,1-4H3,(H,22,25)(H,23,26)/t13-/m1/s1. The number of hydrogen-bond donors (Lipinski definition) is 2. The number of benzene rings is 2. The van der Waals surface area contributed by atoms with Crippen LogP contribution < -0.4 is 15.4 Å². The lowest BCUT2D eigenvalue weighted by Crippen LogP contribution is -2.36. The van der Waals surface area contributed by atoms with E-state index in [4.69, 9.17) is 4.74 Å². The minimum atomic E-state index is -4.02. The lowest BCUT2D eigenvalue weighted by Gasteiger charge is -2.25. The average Bonchev–Trinajstić information content (AvgIpc) is 2.64. The number of likely N-dealkylation sites (N-methyl/N-ethyl adjacent to an activating group) is 1. The van der Waals surface area contributed by atoms with Gasteiger partial charge in [0.15, 0.2) is 6.10 Å². The van der Waals surface area contributed by atoms with Crippen LogP contribution in [0.25, 0.3) is 0 Å². The Morgan fingerprint density at radius 2 is 1.93 bits per heavy atom. The molecule has 8 nitrogen and oxygen atoms in total. The molecule has 1 aliphatic heterocycles. The van der Waals surface area contributed by atoms with Gasteiger partial charge in [-0.25, -0.2) is 12.8 Å². The van der Waals surface area contributed by atoms with E-state index >= 15 is 0 Å². The average molecular weight is 435 g/mol. The third-order valence-electron chi connectivity index (χ3n) is 4.73.